The molecule has 0 bridgehead atoms. The molecule has 1 aromatic carbocycles. The molecule has 5 heteroatoms. The van der Waals surface area contributed by atoms with E-state index in [-0.39, 0.29) is 6.03 Å². The van der Waals surface area contributed by atoms with Gasteiger partial charge in [-0.15, -0.1) is 0 Å². The number of amides is 2. The fraction of sp³-hybridized carbons (Fsp3) is 0.286. The SMILES string of the molecule is O=C(NCCCn1cccn1)NCc1ccccc1. The Kier molecular flexibility index (Phi) is 4.98. The van der Waals surface area contributed by atoms with Gasteiger partial charge in [-0.1, -0.05) is 30.3 Å². The highest BCUT2D eigenvalue weighted by atomic mass is 16.2. The molecule has 2 N–H and O–H groups in total. The average Bonchev–Trinajstić information content (AvgIpc) is 2.96. The molecule has 0 saturated carbocycles. The van der Waals surface area contributed by atoms with Crippen LogP contribution in [0.4, 0.5) is 4.79 Å². The monoisotopic (exact) mass is 258 g/mol. The van der Waals surface area contributed by atoms with E-state index in [0.29, 0.717) is 13.1 Å². The molecule has 100 valence electrons. The first-order valence-electron chi connectivity index (χ1n) is 6.37. The number of hydrogen-bond donors (Lipinski definition) is 2. The molecule has 1 heterocycles. The van der Waals surface area contributed by atoms with Crippen molar-refractivity contribution in [1.82, 2.24) is 20.4 Å². The third-order valence-electron chi connectivity index (χ3n) is 2.70. The molecule has 0 spiro atoms. The van der Waals surface area contributed by atoms with Gasteiger partial charge in [-0.05, 0) is 18.1 Å². The van der Waals surface area contributed by atoms with Gasteiger partial charge in [-0.3, -0.25) is 4.68 Å². The lowest BCUT2D eigenvalue weighted by Crippen LogP contribution is -2.35. The van der Waals surface area contributed by atoms with Crippen molar-refractivity contribution in [3.8, 4) is 0 Å². The summed E-state index contributed by atoms with van der Waals surface area (Å²) >= 11 is 0. The number of urea groups is 1. The summed E-state index contributed by atoms with van der Waals surface area (Å²) in [5.41, 5.74) is 1.09. The highest BCUT2D eigenvalue weighted by Crippen LogP contribution is 1.96. The molecule has 0 unspecified atom stereocenters. The summed E-state index contributed by atoms with van der Waals surface area (Å²) in [5, 5.41) is 9.74. The Balaban J connectivity index is 1.57. The van der Waals surface area contributed by atoms with Crippen molar-refractivity contribution in [2.45, 2.75) is 19.5 Å². The number of nitrogens with one attached hydrogen (secondary N) is 2. The molecule has 0 aliphatic rings. The van der Waals surface area contributed by atoms with Crippen LogP contribution in [0.15, 0.2) is 48.8 Å². The van der Waals surface area contributed by atoms with E-state index in [1.54, 1.807) is 6.20 Å². The molecule has 0 aliphatic carbocycles. The molecule has 2 rings (SSSR count). The fourth-order valence-electron chi connectivity index (χ4n) is 1.72. The van der Waals surface area contributed by atoms with Gasteiger partial charge in [0.05, 0.1) is 0 Å². The molecule has 0 fully saturated rings. The maximum Gasteiger partial charge on any atom is 0.315 e. The number of benzene rings is 1. The first-order chi connectivity index (χ1) is 9.34. The van der Waals surface area contributed by atoms with Crippen molar-refractivity contribution in [3.05, 3.63) is 54.4 Å². The third kappa shape index (κ3) is 4.83. The quantitative estimate of drug-likeness (QED) is 0.776. The molecular formula is C14H18N4O. The molecule has 0 aliphatic heterocycles. The van der Waals surface area contributed by atoms with Gasteiger partial charge in [0, 0.05) is 32.0 Å². The predicted octanol–water partition coefficient (Wildman–Crippen LogP) is 1.77. The van der Waals surface area contributed by atoms with Gasteiger partial charge < -0.3 is 10.6 Å². The molecule has 1 aromatic heterocycles. The van der Waals surface area contributed by atoms with Crippen molar-refractivity contribution >= 4 is 6.03 Å². The summed E-state index contributed by atoms with van der Waals surface area (Å²) in [6.07, 6.45) is 4.52. The van der Waals surface area contributed by atoms with E-state index in [9.17, 15) is 4.79 Å². The minimum Gasteiger partial charge on any atom is -0.338 e. The molecule has 0 radical (unpaired) electrons. The fourth-order valence-corrected chi connectivity index (χ4v) is 1.72. The normalized spacial score (nSPS) is 10.1. The number of hydrogen-bond acceptors (Lipinski definition) is 2. The van der Waals surface area contributed by atoms with Gasteiger partial charge in [0.1, 0.15) is 0 Å². The van der Waals surface area contributed by atoms with E-state index in [4.69, 9.17) is 0 Å². The van der Waals surface area contributed by atoms with Gasteiger partial charge in [0.15, 0.2) is 0 Å². The van der Waals surface area contributed by atoms with Crippen LogP contribution >= 0.6 is 0 Å². The summed E-state index contributed by atoms with van der Waals surface area (Å²) in [4.78, 5) is 11.5. The highest BCUT2D eigenvalue weighted by Gasteiger charge is 1.99. The number of carbonyl (C=O) groups is 1. The van der Waals surface area contributed by atoms with Crippen LogP contribution in [0.3, 0.4) is 0 Å². The maximum atomic E-state index is 11.5. The van der Waals surface area contributed by atoms with Crippen LogP contribution in [0.5, 0.6) is 0 Å². The average molecular weight is 258 g/mol. The van der Waals surface area contributed by atoms with Crippen LogP contribution in [0.2, 0.25) is 0 Å². The van der Waals surface area contributed by atoms with Gasteiger partial charge in [-0.2, -0.15) is 5.10 Å². The molecule has 0 saturated heterocycles. The third-order valence-corrected chi connectivity index (χ3v) is 2.70. The van der Waals surface area contributed by atoms with Crippen LogP contribution < -0.4 is 10.6 Å². The van der Waals surface area contributed by atoms with E-state index in [0.717, 1.165) is 18.5 Å². The van der Waals surface area contributed by atoms with Crippen molar-refractivity contribution < 1.29 is 4.79 Å². The summed E-state index contributed by atoms with van der Waals surface area (Å²) < 4.78 is 1.85. The predicted molar refractivity (Wildman–Crippen MR) is 73.5 cm³/mol. The Morgan fingerprint density at radius 3 is 2.74 bits per heavy atom. The second-order valence-corrected chi connectivity index (χ2v) is 4.22. The summed E-state index contributed by atoms with van der Waals surface area (Å²) in [6.45, 7) is 2.00. The van der Waals surface area contributed by atoms with E-state index in [1.165, 1.54) is 0 Å². The molecule has 0 atom stereocenters. The minimum absolute atomic E-state index is 0.135. The first kappa shape index (κ1) is 13.1. The van der Waals surface area contributed by atoms with Gasteiger partial charge in [0.2, 0.25) is 0 Å². The van der Waals surface area contributed by atoms with Crippen LogP contribution in [0.1, 0.15) is 12.0 Å². The molecule has 19 heavy (non-hydrogen) atoms. The van der Waals surface area contributed by atoms with Crippen molar-refractivity contribution in [2.75, 3.05) is 6.54 Å². The number of aromatic nitrogens is 2. The summed E-state index contributed by atoms with van der Waals surface area (Å²) in [7, 11) is 0. The zero-order valence-electron chi connectivity index (χ0n) is 10.7. The lowest BCUT2D eigenvalue weighted by atomic mass is 10.2. The first-order valence-corrected chi connectivity index (χ1v) is 6.37. The Bertz CT molecular complexity index is 481. The molecule has 2 aromatic rings. The van der Waals surface area contributed by atoms with Crippen molar-refractivity contribution in [3.63, 3.8) is 0 Å². The van der Waals surface area contributed by atoms with Gasteiger partial charge in [-0.25, -0.2) is 4.79 Å². The number of nitrogens with zero attached hydrogens (tertiary/aromatic N) is 2. The highest BCUT2D eigenvalue weighted by molar-refractivity contribution is 5.73. The van der Waals surface area contributed by atoms with E-state index < -0.39 is 0 Å². The molecule has 5 nitrogen and oxygen atoms in total. The number of carbonyl (C=O) groups excluding carboxylic acids is 1. The summed E-state index contributed by atoms with van der Waals surface area (Å²) in [5.74, 6) is 0. The van der Waals surface area contributed by atoms with Crippen LogP contribution in [-0.4, -0.2) is 22.4 Å². The Morgan fingerprint density at radius 1 is 1.16 bits per heavy atom. The van der Waals surface area contributed by atoms with Crippen molar-refractivity contribution in [1.29, 1.82) is 0 Å². The minimum atomic E-state index is -0.135. The van der Waals surface area contributed by atoms with Gasteiger partial charge >= 0.3 is 6.03 Å². The maximum absolute atomic E-state index is 11.5. The summed E-state index contributed by atoms with van der Waals surface area (Å²) in [6, 6.07) is 11.6. The standard InChI is InChI=1S/C14H18N4O/c19-14(16-12-13-6-2-1-3-7-13)15-8-4-10-18-11-5-9-17-18/h1-3,5-7,9,11H,4,8,10,12H2,(H2,15,16,19). The van der Waals surface area contributed by atoms with Crippen LogP contribution in [-0.2, 0) is 13.1 Å². The number of aryl methyl sites for hydroxylation is 1. The lowest BCUT2D eigenvalue weighted by molar-refractivity contribution is 0.240. The van der Waals surface area contributed by atoms with Crippen LogP contribution in [0, 0.1) is 0 Å². The van der Waals surface area contributed by atoms with Crippen molar-refractivity contribution in [2.24, 2.45) is 0 Å². The van der Waals surface area contributed by atoms with E-state index in [1.807, 2.05) is 47.3 Å². The van der Waals surface area contributed by atoms with E-state index in [2.05, 4.69) is 15.7 Å². The number of rotatable bonds is 6. The lowest BCUT2D eigenvalue weighted by Gasteiger charge is -2.07. The van der Waals surface area contributed by atoms with Gasteiger partial charge in [0.25, 0.3) is 0 Å². The van der Waals surface area contributed by atoms with E-state index >= 15 is 0 Å². The van der Waals surface area contributed by atoms with Crippen LogP contribution in [0.25, 0.3) is 0 Å². The Hall–Kier alpha value is -2.30. The molecular weight excluding hydrogens is 240 g/mol. The Labute approximate surface area is 112 Å². The second kappa shape index (κ2) is 7.20. The second-order valence-electron chi connectivity index (χ2n) is 4.22. The Morgan fingerprint density at radius 2 is 2.00 bits per heavy atom. The zero-order chi connectivity index (χ0) is 13.3. The topological polar surface area (TPSA) is 59.0 Å². The zero-order valence-corrected chi connectivity index (χ0v) is 10.7. The molecule has 2 amide bonds. The largest absolute Gasteiger partial charge is 0.338 e. The smallest absolute Gasteiger partial charge is 0.315 e.